The second kappa shape index (κ2) is 5.31. The van der Waals surface area contributed by atoms with E-state index in [0.29, 0.717) is 22.3 Å². The number of carbonyl (C=O) groups excluding carboxylic acids is 1. The van der Waals surface area contributed by atoms with Crippen LogP contribution in [0.25, 0.3) is 22.3 Å². The Bertz CT molecular complexity index is 932. The van der Waals surface area contributed by atoms with E-state index in [-0.39, 0.29) is 23.7 Å². The van der Waals surface area contributed by atoms with Crippen molar-refractivity contribution in [3.63, 3.8) is 0 Å². The fraction of sp³-hybridized carbons (Fsp3) is 0.235. The van der Waals surface area contributed by atoms with Crippen molar-refractivity contribution in [1.29, 1.82) is 0 Å². The highest BCUT2D eigenvalue weighted by Crippen LogP contribution is 2.27. The van der Waals surface area contributed by atoms with E-state index in [2.05, 4.69) is 20.5 Å². The number of nitrogens with zero attached hydrogens (tertiary/aromatic N) is 2. The summed E-state index contributed by atoms with van der Waals surface area (Å²) in [6.45, 7) is 1.86. The molecule has 1 aliphatic carbocycles. The molecule has 0 aliphatic heterocycles. The average molecular weight is 323 g/mol. The standard InChI is InChI=1S/C17H17N5O2/c1-8-15-11(17(24)20-14-7-12(14)18)6-13(19-16(15)22-21-8)9-2-4-10(23)5-3-9/h2-6,12,14,23H,7,18H2,1H3,(H,20,24)(H,19,21,22). The Morgan fingerprint density at radius 2 is 2.08 bits per heavy atom. The number of hydrogen-bond donors (Lipinski definition) is 4. The fourth-order valence-corrected chi connectivity index (χ4v) is 2.76. The number of H-pyrrole nitrogens is 1. The Kier molecular flexibility index (Phi) is 3.24. The molecule has 3 aromatic rings. The lowest BCUT2D eigenvalue weighted by Gasteiger charge is -2.08. The zero-order chi connectivity index (χ0) is 16.8. The van der Waals surface area contributed by atoms with Crippen molar-refractivity contribution in [2.24, 2.45) is 5.73 Å². The number of phenolic OH excluding ortho intramolecular Hbond substituents is 1. The van der Waals surface area contributed by atoms with E-state index >= 15 is 0 Å². The Morgan fingerprint density at radius 1 is 1.38 bits per heavy atom. The number of aromatic hydroxyl groups is 1. The Balaban J connectivity index is 1.82. The number of hydrogen-bond acceptors (Lipinski definition) is 5. The van der Waals surface area contributed by atoms with Gasteiger partial charge < -0.3 is 16.2 Å². The normalized spacial score (nSPS) is 19.4. The molecular formula is C17H17N5O2. The zero-order valence-corrected chi connectivity index (χ0v) is 13.1. The summed E-state index contributed by atoms with van der Waals surface area (Å²) >= 11 is 0. The third-order valence-electron chi connectivity index (χ3n) is 4.27. The summed E-state index contributed by atoms with van der Waals surface area (Å²) in [7, 11) is 0. The molecule has 1 aromatic carbocycles. The maximum atomic E-state index is 12.7. The van der Waals surface area contributed by atoms with Crippen LogP contribution in [-0.4, -0.2) is 38.3 Å². The Labute approximate surface area is 137 Å². The summed E-state index contributed by atoms with van der Waals surface area (Å²) in [6.07, 6.45) is 0.801. The number of fused-ring (bicyclic) bond motifs is 1. The van der Waals surface area contributed by atoms with Gasteiger partial charge >= 0.3 is 0 Å². The number of aromatic amines is 1. The number of rotatable bonds is 3. The zero-order valence-electron chi connectivity index (χ0n) is 13.1. The van der Waals surface area contributed by atoms with Gasteiger partial charge in [0, 0.05) is 23.3 Å². The van der Waals surface area contributed by atoms with Gasteiger partial charge in [-0.15, -0.1) is 0 Å². The molecule has 7 nitrogen and oxygen atoms in total. The molecule has 0 bridgehead atoms. The minimum atomic E-state index is -0.176. The third kappa shape index (κ3) is 2.48. The molecule has 0 saturated heterocycles. The van der Waals surface area contributed by atoms with Gasteiger partial charge in [0.25, 0.3) is 5.91 Å². The van der Waals surface area contributed by atoms with Crippen LogP contribution >= 0.6 is 0 Å². The van der Waals surface area contributed by atoms with Gasteiger partial charge in [-0.2, -0.15) is 5.10 Å². The number of aryl methyl sites for hydroxylation is 1. The summed E-state index contributed by atoms with van der Waals surface area (Å²) in [6, 6.07) is 8.49. The molecule has 2 heterocycles. The SMILES string of the molecule is Cc1[nH]nc2nc(-c3ccc(O)cc3)cc(C(=O)NC3CC3N)c12. The van der Waals surface area contributed by atoms with Gasteiger partial charge in [0.1, 0.15) is 5.75 Å². The topological polar surface area (TPSA) is 117 Å². The van der Waals surface area contributed by atoms with E-state index in [4.69, 9.17) is 5.73 Å². The molecule has 4 rings (SSSR count). The number of pyridine rings is 1. The molecule has 1 aliphatic rings. The van der Waals surface area contributed by atoms with Crippen LogP contribution in [0.1, 0.15) is 22.5 Å². The van der Waals surface area contributed by atoms with Gasteiger partial charge in [0.05, 0.1) is 16.6 Å². The molecule has 0 radical (unpaired) electrons. The Hall–Kier alpha value is -2.93. The average Bonchev–Trinajstić information content (AvgIpc) is 3.13. The first-order valence-corrected chi connectivity index (χ1v) is 7.74. The van der Waals surface area contributed by atoms with E-state index in [9.17, 15) is 9.90 Å². The van der Waals surface area contributed by atoms with E-state index in [1.807, 2.05) is 6.92 Å². The number of amides is 1. The van der Waals surface area contributed by atoms with E-state index in [0.717, 1.165) is 17.7 Å². The maximum absolute atomic E-state index is 12.7. The first-order valence-electron chi connectivity index (χ1n) is 7.74. The minimum absolute atomic E-state index is 0.0324. The molecule has 2 atom stereocenters. The summed E-state index contributed by atoms with van der Waals surface area (Å²) in [4.78, 5) is 17.2. The number of phenols is 1. The van der Waals surface area contributed by atoms with Crippen molar-refractivity contribution < 1.29 is 9.90 Å². The molecule has 1 fully saturated rings. The number of nitrogens with one attached hydrogen (secondary N) is 2. The highest BCUT2D eigenvalue weighted by Gasteiger charge is 2.35. The Morgan fingerprint density at radius 3 is 2.75 bits per heavy atom. The predicted molar refractivity (Wildman–Crippen MR) is 89.6 cm³/mol. The maximum Gasteiger partial charge on any atom is 0.252 e. The molecule has 2 unspecified atom stereocenters. The molecule has 1 amide bonds. The van der Waals surface area contributed by atoms with Gasteiger partial charge in [-0.05, 0) is 43.7 Å². The molecule has 1 saturated carbocycles. The third-order valence-corrected chi connectivity index (χ3v) is 4.27. The predicted octanol–water partition coefficient (Wildman–Crippen LogP) is 1.47. The van der Waals surface area contributed by atoms with Crippen LogP contribution in [-0.2, 0) is 0 Å². The molecule has 2 aromatic heterocycles. The van der Waals surface area contributed by atoms with Gasteiger partial charge in [-0.1, -0.05) is 0 Å². The smallest absolute Gasteiger partial charge is 0.252 e. The van der Waals surface area contributed by atoms with Gasteiger partial charge in [-0.25, -0.2) is 4.98 Å². The highest BCUT2D eigenvalue weighted by molar-refractivity contribution is 6.07. The van der Waals surface area contributed by atoms with Gasteiger partial charge in [0.2, 0.25) is 0 Å². The van der Waals surface area contributed by atoms with Crippen LogP contribution in [0.2, 0.25) is 0 Å². The van der Waals surface area contributed by atoms with E-state index in [1.54, 1.807) is 30.3 Å². The monoisotopic (exact) mass is 323 g/mol. The number of carbonyl (C=O) groups is 1. The summed E-state index contributed by atoms with van der Waals surface area (Å²) < 4.78 is 0. The van der Waals surface area contributed by atoms with Gasteiger partial charge in [-0.3, -0.25) is 9.89 Å². The molecule has 24 heavy (non-hydrogen) atoms. The lowest BCUT2D eigenvalue weighted by atomic mass is 10.0. The molecule has 7 heteroatoms. The van der Waals surface area contributed by atoms with Crippen LogP contribution in [0.15, 0.2) is 30.3 Å². The largest absolute Gasteiger partial charge is 0.508 e. The summed E-state index contributed by atoms with van der Waals surface area (Å²) in [5.74, 6) is 0.000933. The van der Waals surface area contributed by atoms with Crippen LogP contribution < -0.4 is 11.1 Å². The second-order valence-electron chi connectivity index (χ2n) is 6.13. The first kappa shape index (κ1) is 14.6. The van der Waals surface area contributed by atoms with Crippen molar-refractivity contribution in [3.8, 4) is 17.0 Å². The van der Waals surface area contributed by atoms with Crippen molar-refractivity contribution in [1.82, 2.24) is 20.5 Å². The quantitative estimate of drug-likeness (QED) is 0.582. The van der Waals surface area contributed by atoms with Crippen LogP contribution in [0.5, 0.6) is 5.75 Å². The van der Waals surface area contributed by atoms with Crippen molar-refractivity contribution in [3.05, 3.63) is 41.6 Å². The van der Waals surface area contributed by atoms with Crippen molar-refractivity contribution in [2.45, 2.75) is 25.4 Å². The molecular weight excluding hydrogens is 306 g/mol. The van der Waals surface area contributed by atoms with E-state index in [1.165, 1.54) is 0 Å². The lowest BCUT2D eigenvalue weighted by Crippen LogP contribution is -2.29. The van der Waals surface area contributed by atoms with Crippen LogP contribution in [0.4, 0.5) is 0 Å². The van der Waals surface area contributed by atoms with Crippen molar-refractivity contribution >= 4 is 16.9 Å². The highest BCUT2D eigenvalue weighted by atomic mass is 16.3. The minimum Gasteiger partial charge on any atom is -0.508 e. The summed E-state index contributed by atoms with van der Waals surface area (Å²) in [5.41, 5.74) is 9.01. The lowest BCUT2D eigenvalue weighted by molar-refractivity contribution is 0.0952. The molecule has 122 valence electrons. The number of benzene rings is 1. The first-order chi connectivity index (χ1) is 11.5. The molecule has 0 spiro atoms. The second-order valence-corrected chi connectivity index (χ2v) is 6.13. The van der Waals surface area contributed by atoms with Gasteiger partial charge in [0.15, 0.2) is 5.65 Å². The van der Waals surface area contributed by atoms with Crippen molar-refractivity contribution in [2.75, 3.05) is 0 Å². The van der Waals surface area contributed by atoms with E-state index < -0.39 is 0 Å². The van der Waals surface area contributed by atoms with Crippen LogP contribution in [0, 0.1) is 6.92 Å². The van der Waals surface area contributed by atoms with Crippen LogP contribution in [0.3, 0.4) is 0 Å². The fourth-order valence-electron chi connectivity index (χ4n) is 2.76. The summed E-state index contributed by atoms with van der Waals surface area (Å²) in [5, 5.41) is 20.2. The number of nitrogens with two attached hydrogens (primary N) is 1. The number of aromatic nitrogens is 3. The molecule has 5 N–H and O–H groups in total.